The zero-order valence-electron chi connectivity index (χ0n) is 7.36. The minimum Gasteiger partial charge on any atom is -0.369 e. The molecule has 1 amide bonds. The number of nitrogens with one attached hydrogen (secondary N) is 1. The van der Waals surface area contributed by atoms with Crippen molar-refractivity contribution in [3.8, 4) is 0 Å². The molecule has 0 unspecified atom stereocenters. The number of rotatable bonds is 3. The second-order valence-corrected chi connectivity index (χ2v) is 3.78. The molecule has 2 aromatic rings. The van der Waals surface area contributed by atoms with Crippen molar-refractivity contribution in [2.45, 2.75) is 5.16 Å². The van der Waals surface area contributed by atoms with Crippen molar-refractivity contribution < 1.29 is 4.79 Å². The van der Waals surface area contributed by atoms with Crippen LogP contribution < -0.4 is 5.73 Å². The zero-order valence-corrected chi connectivity index (χ0v) is 8.17. The number of carbonyl (C=O) groups is 1. The summed E-state index contributed by atoms with van der Waals surface area (Å²) >= 11 is 1.31. The summed E-state index contributed by atoms with van der Waals surface area (Å²) in [7, 11) is 0. The summed E-state index contributed by atoms with van der Waals surface area (Å²) < 4.78 is 0. The number of aromatic nitrogens is 2. The molecule has 0 fully saturated rings. The van der Waals surface area contributed by atoms with Gasteiger partial charge in [0.05, 0.1) is 16.8 Å². The maximum absolute atomic E-state index is 10.5. The van der Waals surface area contributed by atoms with E-state index in [0.29, 0.717) is 0 Å². The van der Waals surface area contributed by atoms with Crippen molar-refractivity contribution in [3.05, 3.63) is 24.3 Å². The molecule has 0 saturated carbocycles. The number of amides is 1. The number of aromatic amines is 1. The molecular formula is C9H9N3OS. The number of fused-ring (bicyclic) bond motifs is 1. The fourth-order valence-corrected chi connectivity index (χ4v) is 1.76. The number of H-pyrrole nitrogens is 1. The molecule has 1 heterocycles. The minimum absolute atomic E-state index is 0.250. The molecule has 4 nitrogen and oxygen atoms in total. The van der Waals surface area contributed by atoms with Crippen LogP contribution >= 0.6 is 11.8 Å². The van der Waals surface area contributed by atoms with E-state index in [1.165, 1.54) is 11.8 Å². The smallest absolute Gasteiger partial charge is 0.227 e. The first-order valence-electron chi connectivity index (χ1n) is 4.11. The predicted octanol–water partition coefficient (Wildman–Crippen LogP) is 1.14. The van der Waals surface area contributed by atoms with Crippen LogP contribution in [0.3, 0.4) is 0 Å². The monoisotopic (exact) mass is 207 g/mol. The second kappa shape index (κ2) is 3.71. The maximum Gasteiger partial charge on any atom is 0.227 e. The summed E-state index contributed by atoms with van der Waals surface area (Å²) in [5.41, 5.74) is 6.91. The molecule has 1 aromatic carbocycles. The van der Waals surface area contributed by atoms with Gasteiger partial charge in [0.2, 0.25) is 5.91 Å². The SMILES string of the molecule is NC(=O)CSc1nc2ccccc2[nH]1. The van der Waals surface area contributed by atoms with Crippen LogP contribution in [0.25, 0.3) is 11.0 Å². The lowest BCUT2D eigenvalue weighted by Gasteiger charge is -1.90. The van der Waals surface area contributed by atoms with Crippen LogP contribution in [-0.2, 0) is 4.79 Å². The first-order chi connectivity index (χ1) is 6.75. The number of hydrogen-bond acceptors (Lipinski definition) is 3. The largest absolute Gasteiger partial charge is 0.369 e. The molecule has 72 valence electrons. The van der Waals surface area contributed by atoms with E-state index >= 15 is 0 Å². The van der Waals surface area contributed by atoms with Gasteiger partial charge in [-0.15, -0.1) is 0 Å². The average Bonchev–Trinajstić information content (AvgIpc) is 2.57. The third-order valence-corrected chi connectivity index (χ3v) is 2.61. The Labute approximate surface area is 84.9 Å². The van der Waals surface area contributed by atoms with Gasteiger partial charge in [0.1, 0.15) is 0 Å². The van der Waals surface area contributed by atoms with Gasteiger partial charge in [-0.05, 0) is 12.1 Å². The highest BCUT2D eigenvalue weighted by molar-refractivity contribution is 7.99. The van der Waals surface area contributed by atoms with Gasteiger partial charge in [0.25, 0.3) is 0 Å². The van der Waals surface area contributed by atoms with E-state index in [-0.39, 0.29) is 11.7 Å². The van der Waals surface area contributed by atoms with Gasteiger partial charge in [-0.25, -0.2) is 4.98 Å². The molecule has 0 bridgehead atoms. The molecule has 0 aliphatic carbocycles. The van der Waals surface area contributed by atoms with E-state index in [0.717, 1.165) is 16.2 Å². The van der Waals surface area contributed by atoms with Crippen LogP contribution in [0.4, 0.5) is 0 Å². The fourth-order valence-electron chi connectivity index (χ4n) is 1.14. The Kier molecular flexibility index (Phi) is 2.41. The number of carbonyl (C=O) groups excluding carboxylic acids is 1. The van der Waals surface area contributed by atoms with E-state index < -0.39 is 0 Å². The number of hydrogen-bond donors (Lipinski definition) is 2. The molecule has 2 rings (SSSR count). The number of para-hydroxylation sites is 2. The first-order valence-corrected chi connectivity index (χ1v) is 5.10. The number of benzene rings is 1. The molecule has 0 spiro atoms. The highest BCUT2D eigenvalue weighted by Crippen LogP contribution is 2.18. The molecule has 3 N–H and O–H groups in total. The normalized spacial score (nSPS) is 10.6. The fraction of sp³-hybridized carbons (Fsp3) is 0.111. The van der Waals surface area contributed by atoms with Crippen LogP contribution in [0.2, 0.25) is 0 Å². The Hall–Kier alpha value is -1.49. The van der Waals surface area contributed by atoms with E-state index in [1.807, 2.05) is 24.3 Å². The summed E-state index contributed by atoms with van der Waals surface area (Å²) in [6, 6.07) is 7.71. The number of nitrogens with two attached hydrogens (primary N) is 1. The lowest BCUT2D eigenvalue weighted by Crippen LogP contribution is -2.13. The third kappa shape index (κ3) is 1.88. The molecule has 14 heavy (non-hydrogen) atoms. The van der Waals surface area contributed by atoms with Crippen molar-refractivity contribution in [1.82, 2.24) is 9.97 Å². The molecule has 1 aromatic heterocycles. The number of nitrogens with zero attached hydrogens (tertiary/aromatic N) is 1. The summed E-state index contributed by atoms with van der Waals surface area (Å²) in [4.78, 5) is 17.9. The van der Waals surface area contributed by atoms with Crippen molar-refractivity contribution in [1.29, 1.82) is 0 Å². The standard InChI is InChI=1S/C9H9N3OS/c10-8(13)5-14-9-11-6-3-1-2-4-7(6)12-9/h1-4H,5H2,(H2,10,13)(H,11,12). The van der Waals surface area contributed by atoms with Crippen LogP contribution in [0, 0.1) is 0 Å². The number of thioether (sulfide) groups is 1. The van der Waals surface area contributed by atoms with Gasteiger partial charge in [-0.2, -0.15) is 0 Å². The van der Waals surface area contributed by atoms with Crippen LogP contribution in [0.15, 0.2) is 29.4 Å². The average molecular weight is 207 g/mol. The minimum atomic E-state index is -0.338. The predicted molar refractivity (Wildman–Crippen MR) is 56.0 cm³/mol. The Morgan fingerprint density at radius 1 is 1.50 bits per heavy atom. The molecule has 0 radical (unpaired) electrons. The van der Waals surface area contributed by atoms with Crippen molar-refractivity contribution in [2.24, 2.45) is 5.73 Å². The summed E-state index contributed by atoms with van der Waals surface area (Å²) in [6.45, 7) is 0. The molecular weight excluding hydrogens is 198 g/mol. The highest BCUT2D eigenvalue weighted by Gasteiger charge is 2.03. The van der Waals surface area contributed by atoms with Crippen LogP contribution in [0.1, 0.15) is 0 Å². The van der Waals surface area contributed by atoms with E-state index in [9.17, 15) is 4.79 Å². The van der Waals surface area contributed by atoms with Gasteiger partial charge in [0.15, 0.2) is 5.16 Å². The second-order valence-electron chi connectivity index (χ2n) is 2.81. The quantitative estimate of drug-likeness (QED) is 0.741. The lowest BCUT2D eigenvalue weighted by molar-refractivity contribution is -0.115. The number of imidazole rings is 1. The van der Waals surface area contributed by atoms with Crippen LogP contribution in [0.5, 0.6) is 0 Å². The maximum atomic E-state index is 10.5. The molecule has 5 heteroatoms. The van der Waals surface area contributed by atoms with Crippen LogP contribution in [-0.4, -0.2) is 21.6 Å². The summed E-state index contributed by atoms with van der Waals surface area (Å²) in [5, 5.41) is 0.727. The molecule has 0 aliphatic rings. The Bertz CT molecular complexity index is 433. The molecule has 0 saturated heterocycles. The Morgan fingerprint density at radius 2 is 2.29 bits per heavy atom. The summed E-state index contributed by atoms with van der Waals surface area (Å²) in [6.07, 6.45) is 0. The lowest BCUT2D eigenvalue weighted by atomic mass is 10.3. The topological polar surface area (TPSA) is 71.8 Å². The summed E-state index contributed by atoms with van der Waals surface area (Å²) in [5.74, 6) is -0.0877. The van der Waals surface area contributed by atoms with E-state index in [1.54, 1.807) is 0 Å². The first kappa shape index (κ1) is 9.08. The van der Waals surface area contributed by atoms with Crippen molar-refractivity contribution >= 4 is 28.7 Å². The third-order valence-electron chi connectivity index (χ3n) is 1.72. The van der Waals surface area contributed by atoms with Crippen molar-refractivity contribution in [2.75, 3.05) is 5.75 Å². The molecule has 0 aliphatic heterocycles. The molecule has 0 atom stereocenters. The van der Waals surface area contributed by atoms with Gasteiger partial charge in [0, 0.05) is 0 Å². The van der Waals surface area contributed by atoms with Gasteiger partial charge < -0.3 is 10.7 Å². The Morgan fingerprint density at radius 3 is 3.00 bits per heavy atom. The Balaban J connectivity index is 2.22. The van der Waals surface area contributed by atoms with E-state index in [2.05, 4.69) is 9.97 Å². The van der Waals surface area contributed by atoms with Gasteiger partial charge in [-0.3, -0.25) is 4.79 Å². The number of primary amides is 1. The van der Waals surface area contributed by atoms with E-state index in [4.69, 9.17) is 5.73 Å². The zero-order chi connectivity index (χ0) is 9.97. The highest BCUT2D eigenvalue weighted by atomic mass is 32.2. The van der Waals surface area contributed by atoms with Crippen molar-refractivity contribution in [3.63, 3.8) is 0 Å². The van der Waals surface area contributed by atoms with Gasteiger partial charge in [-0.1, -0.05) is 23.9 Å². The van der Waals surface area contributed by atoms with Gasteiger partial charge >= 0.3 is 0 Å².